The molecule has 1 aromatic carbocycles. The van der Waals surface area contributed by atoms with Crippen molar-refractivity contribution in [1.82, 2.24) is 25.4 Å². The third-order valence-electron chi connectivity index (χ3n) is 3.91. The van der Waals surface area contributed by atoms with Gasteiger partial charge < -0.3 is 10.6 Å². The van der Waals surface area contributed by atoms with E-state index in [1.165, 1.54) is 5.56 Å². The Bertz CT molecular complexity index is 882. The molecule has 148 valence electrons. The van der Waals surface area contributed by atoms with E-state index >= 15 is 0 Å². The van der Waals surface area contributed by atoms with E-state index in [2.05, 4.69) is 38.7 Å². The summed E-state index contributed by atoms with van der Waals surface area (Å²) in [4.78, 5) is 9.01. The molecule has 0 atom stereocenters. The highest BCUT2D eigenvalue weighted by molar-refractivity contribution is 14.0. The van der Waals surface area contributed by atoms with Gasteiger partial charge in [-0.05, 0) is 54.8 Å². The molecule has 0 unspecified atom stereocenters. The summed E-state index contributed by atoms with van der Waals surface area (Å²) in [5.74, 6) is 1.57. The molecule has 6 nitrogen and oxygen atoms in total. The van der Waals surface area contributed by atoms with Gasteiger partial charge in [-0.25, -0.2) is 14.7 Å². The van der Waals surface area contributed by atoms with Crippen molar-refractivity contribution < 1.29 is 0 Å². The molecule has 0 aliphatic rings. The van der Waals surface area contributed by atoms with Crippen LogP contribution in [0.5, 0.6) is 0 Å². The fourth-order valence-corrected chi connectivity index (χ4v) is 2.83. The second-order valence-electron chi connectivity index (χ2n) is 5.97. The topological polar surface area (TPSA) is 67.1 Å². The summed E-state index contributed by atoms with van der Waals surface area (Å²) in [5.41, 5.74) is 2.27. The van der Waals surface area contributed by atoms with Crippen molar-refractivity contribution in [2.45, 2.75) is 19.9 Å². The Morgan fingerprint density at radius 3 is 2.75 bits per heavy atom. The SMILES string of the molecule is CCNC(=NCc1ccnc(-n2cccn2)c1)NCCc1cccc(Cl)c1.I. The molecule has 2 aromatic heterocycles. The van der Waals surface area contributed by atoms with Gasteiger partial charge in [0.2, 0.25) is 0 Å². The summed E-state index contributed by atoms with van der Waals surface area (Å²) >= 11 is 6.04. The molecule has 0 aliphatic heterocycles. The minimum atomic E-state index is 0. The lowest BCUT2D eigenvalue weighted by Gasteiger charge is -2.11. The van der Waals surface area contributed by atoms with Crippen LogP contribution in [0.25, 0.3) is 5.82 Å². The van der Waals surface area contributed by atoms with Crippen LogP contribution in [0, 0.1) is 0 Å². The van der Waals surface area contributed by atoms with Crippen molar-refractivity contribution in [3.8, 4) is 5.82 Å². The molecule has 3 aromatic rings. The Morgan fingerprint density at radius 2 is 2.00 bits per heavy atom. The molecule has 0 saturated heterocycles. The first-order valence-corrected chi connectivity index (χ1v) is 9.34. The van der Waals surface area contributed by atoms with Crippen molar-refractivity contribution in [2.24, 2.45) is 4.99 Å². The van der Waals surface area contributed by atoms with Crippen LogP contribution in [0.4, 0.5) is 0 Å². The lowest BCUT2D eigenvalue weighted by molar-refractivity contribution is 0.798. The van der Waals surface area contributed by atoms with Crippen LogP contribution in [-0.2, 0) is 13.0 Å². The van der Waals surface area contributed by atoms with E-state index < -0.39 is 0 Å². The Balaban J connectivity index is 0.00000280. The first-order valence-electron chi connectivity index (χ1n) is 8.96. The molecule has 28 heavy (non-hydrogen) atoms. The number of nitrogens with zero attached hydrogens (tertiary/aromatic N) is 4. The Kier molecular flexibility index (Phi) is 9.22. The summed E-state index contributed by atoms with van der Waals surface area (Å²) in [5, 5.41) is 11.6. The number of aliphatic imine (C=N–C) groups is 1. The van der Waals surface area contributed by atoms with Gasteiger partial charge in [0.25, 0.3) is 0 Å². The average molecular weight is 511 g/mol. The van der Waals surface area contributed by atoms with Crippen LogP contribution in [0.3, 0.4) is 0 Å². The second kappa shape index (κ2) is 11.7. The molecule has 0 saturated carbocycles. The average Bonchev–Trinajstić information content (AvgIpc) is 3.21. The van der Waals surface area contributed by atoms with Crippen molar-refractivity contribution in [1.29, 1.82) is 0 Å². The van der Waals surface area contributed by atoms with Crippen molar-refractivity contribution in [3.05, 3.63) is 77.2 Å². The molecule has 3 rings (SSSR count). The summed E-state index contributed by atoms with van der Waals surface area (Å²) in [6.45, 7) is 4.19. The molecule has 0 fully saturated rings. The molecular formula is C20H24ClIN6. The normalized spacial score (nSPS) is 11.0. The van der Waals surface area contributed by atoms with Crippen molar-refractivity contribution in [3.63, 3.8) is 0 Å². The third-order valence-corrected chi connectivity index (χ3v) is 4.14. The summed E-state index contributed by atoms with van der Waals surface area (Å²) in [6, 6.07) is 13.7. The van der Waals surface area contributed by atoms with Gasteiger partial charge in [0.05, 0.1) is 6.54 Å². The van der Waals surface area contributed by atoms with Gasteiger partial charge in [-0.15, -0.1) is 24.0 Å². The van der Waals surface area contributed by atoms with E-state index in [-0.39, 0.29) is 24.0 Å². The number of rotatable bonds is 7. The minimum absolute atomic E-state index is 0. The van der Waals surface area contributed by atoms with Gasteiger partial charge in [0, 0.05) is 36.7 Å². The molecule has 0 spiro atoms. The lowest BCUT2D eigenvalue weighted by atomic mass is 10.1. The Hall–Kier alpha value is -2.13. The number of guanidine groups is 1. The zero-order valence-corrected chi connectivity index (χ0v) is 18.8. The van der Waals surface area contributed by atoms with Gasteiger partial charge in [0.1, 0.15) is 0 Å². The van der Waals surface area contributed by atoms with Crippen LogP contribution < -0.4 is 10.6 Å². The van der Waals surface area contributed by atoms with Crippen LogP contribution in [0.1, 0.15) is 18.1 Å². The summed E-state index contributed by atoms with van der Waals surface area (Å²) < 4.78 is 1.74. The van der Waals surface area contributed by atoms with Crippen molar-refractivity contribution >= 4 is 41.5 Å². The Labute approximate surface area is 187 Å². The molecule has 0 bridgehead atoms. The number of halogens is 2. The van der Waals surface area contributed by atoms with E-state index in [0.29, 0.717) is 6.54 Å². The van der Waals surface area contributed by atoms with Gasteiger partial charge in [-0.3, -0.25) is 0 Å². The van der Waals surface area contributed by atoms with Crippen molar-refractivity contribution in [2.75, 3.05) is 13.1 Å². The van der Waals surface area contributed by atoms with E-state index in [1.807, 2.05) is 42.6 Å². The van der Waals surface area contributed by atoms with Crippen LogP contribution in [0.15, 0.2) is 66.0 Å². The maximum Gasteiger partial charge on any atom is 0.191 e. The monoisotopic (exact) mass is 510 g/mol. The molecular weight excluding hydrogens is 487 g/mol. The summed E-state index contributed by atoms with van der Waals surface area (Å²) in [6.07, 6.45) is 6.27. The molecule has 0 radical (unpaired) electrons. The highest BCUT2D eigenvalue weighted by Crippen LogP contribution is 2.11. The largest absolute Gasteiger partial charge is 0.357 e. The Morgan fingerprint density at radius 1 is 1.11 bits per heavy atom. The van der Waals surface area contributed by atoms with Gasteiger partial charge in [0.15, 0.2) is 11.8 Å². The number of benzene rings is 1. The fraction of sp³-hybridized carbons (Fsp3) is 0.250. The quantitative estimate of drug-likeness (QED) is 0.288. The zero-order valence-electron chi connectivity index (χ0n) is 15.7. The highest BCUT2D eigenvalue weighted by atomic mass is 127. The molecule has 8 heteroatoms. The number of aromatic nitrogens is 3. The van der Waals surface area contributed by atoms with E-state index in [9.17, 15) is 0 Å². The third kappa shape index (κ3) is 6.79. The van der Waals surface area contributed by atoms with Crippen LogP contribution >= 0.6 is 35.6 Å². The standard InChI is InChI=1S/C20H23ClN6.HI/c1-2-22-20(24-11-7-16-5-3-6-18(21)13-16)25-15-17-8-10-23-19(14-17)27-12-4-9-26-27;/h3-6,8-10,12-14H,2,7,11,15H2,1H3,(H2,22,24,25);1H. The predicted molar refractivity (Wildman–Crippen MR) is 125 cm³/mol. The summed E-state index contributed by atoms with van der Waals surface area (Å²) in [7, 11) is 0. The van der Waals surface area contributed by atoms with Gasteiger partial charge in [-0.1, -0.05) is 23.7 Å². The second-order valence-corrected chi connectivity index (χ2v) is 6.41. The van der Waals surface area contributed by atoms with E-state index in [4.69, 9.17) is 11.6 Å². The van der Waals surface area contributed by atoms with Crippen LogP contribution in [0.2, 0.25) is 5.02 Å². The molecule has 0 aliphatic carbocycles. The minimum Gasteiger partial charge on any atom is -0.357 e. The maximum atomic E-state index is 6.04. The van der Waals surface area contributed by atoms with Gasteiger partial charge >= 0.3 is 0 Å². The molecule has 0 amide bonds. The zero-order chi connectivity index (χ0) is 18.9. The highest BCUT2D eigenvalue weighted by Gasteiger charge is 2.02. The number of hydrogen-bond donors (Lipinski definition) is 2. The maximum absolute atomic E-state index is 6.04. The van der Waals surface area contributed by atoms with E-state index in [1.54, 1.807) is 17.1 Å². The number of hydrogen-bond acceptors (Lipinski definition) is 3. The van der Waals surface area contributed by atoms with Crippen LogP contribution in [-0.4, -0.2) is 33.8 Å². The first kappa shape index (κ1) is 22.2. The first-order chi connectivity index (χ1) is 13.2. The molecule has 2 N–H and O–H groups in total. The number of nitrogens with one attached hydrogen (secondary N) is 2. The number of pyridine rings is 1. The van der Waals surface area contributed by atoms with E-state index in [0.717, 1.165) is 41.9 Å². The van der Waals surface area contributed by atoms with Gasteiger partial charge in [-0.2, -0.15) is 5.10 Å². The fourth-order valence-electron chi connectivity index (χ4n) is 2.62. The predicted octanol–water partition coefficient (Wildman–Crippen LogP) is 3.84. The lowest BCUT2D eigenvalue weighted by Crippen LogP contribution is -2.38. The smallest absolute Gasteiger partial charge is 0.191 e. The molecule has 2 heterocycles.